The van der Waals surface area contributed by atoms with Crippen molar-refractivity contribution in [2.24, 2.45) is 7.05 Å². The number of phenolic OH excluding ortho intramolecular Hbond substituents is 1. The second-order valence-electron chi connectivity index (χ2n) is 5.76. The smallest absolute Gasteiger partial charge is 0.120 e. The monoisotopic (exact) mass is 254 g/mol. The Labute approximate surface area is 113 Å². The van der Waals surface area contributed by atoms with E-state index in [4.69, 9.17) is 5.26 Å². The van der Waals surface area contributed by atoms with Crippen LogP contribution >= 0.6 is 0 Å². The van der Waals surface area contributed by atoms with Crippen molar-refractivity contribution in [3.05, 3.63) is 41.6 Å². The number of phenols is 1. The minimum atomic E-state index is -0.122. The Kier molecular flexibility index (Phi) is 3.11. The van der Waals surface area contributed by atoms with Gasteiger partial charge in [-0.3, -0.25) is 0 Å². The third-order valence-electron chi connectivity index (χ3n) is 3.34. The second kappa shape index (κ2) is 4.47. The van der Waals surface area contributed by atoms with Crippen LogP contribution < -0.4 is 0 Å². The van der Waals surface area contributed by atoms with Gasteiger partial charge in [-0.25, -0.2) is 0 Å². The Bertz CT molecular complexity index is 654. The lowest BCUT2D eigenvalue weighted by Crippen LogP contribution is -2.11. The summed E-state index contributed by atoms with van der Waals surface area (Å²) in [5.41, 5.74) is 3.39. The highest BCUT2D eigenvalue weighted by atomic mass is 16.3. The number of nitrogens with zero attached hydrogens (tertiary/aromatic N) is 2. The van der Waals surface area contributed by atoms with Crippen molar-refractivity contribution in [1.29, 1.82) is 5.26 Å². The summed E-state index contributed by atoms with van der Waals surface area (Å²) in [7, 11) is 1.87. The Hall–Kier alpha value is -2.21. The van der Waals surface area contributed by atoms with Crippen molar-refractivity contribution >= 4 is 0 Å². The van der Waals surface area contributed by atoms with Crippen LogP contribution in [-0.2, 0) is 12.5 Å². The molecule has 0 saturated carbocycles. The van der Waals surface area contributed by atoms with Gasteiger partial charge in [0.1, 0.15) is 17.5 Å². The lowest BCUT2D eigenvalue weighted by molar-refractivity contribution is 0.447. The van der Waals surface area contributed by atoms with Crippen molar-refractivity contribution < 1.29 is 5.11 Å². The molecule has 2 aromatic rings. The van der Waals surface area contributed by atoms with Gasteiger partial charge in [-0.05, 0) is 46.9 Å². The lowest BCUT2D eigenvalue weighted by Gasteiger charge is -2.21. The average Bonchev–Trinajstić information content (AvgIpc) is 2.70. The summed E-state index contributed by atoms with van der Waals surface area (Å²) in [5, 5.41) is 19.0. The summed E-state index contributed by atoms with van der Waals surface area (Å²) in [6.07, 6.45) is 0. The van der Waals surface area contributed by atoms with Gasteiger partial charge in [0.05, 0.1) is 0 Å². The fourth-order valence-corrected chi connectivity index (χ4v) is 2.21. The molecule has 0 aliphatic heterocycles. The predicted molar refractivity (Wildman–Crippen MR) is 75.9 cm³/mol. The Morgan fingerprint density at radius 1 is 1.16 bits per heavy atom. The molecule has 0 amide bonds. The maximum atomic E-state index is 9.98. The van der Waals surface area contributed by atoms with Gasteiger partial charge < -0.3 is 9.67 Å². The molecule has 3 nitrogen and oxygen atoms in total. The van der Waals surface area contributed by atoms with Gasteiger partial charge in [0.15, 0.2) is 0 Å². The first-order valence-electron chi connectivity index (χ1n) is 6.24. The third-order valence-corrected chi connectivity index (χ3v) is 3.34. The highest BCUT2D eigenvalue weighted by Crippen LogP contribution is 2.34. The molecule has 0 unspecified atom stereocenters. The molecule has 0 radical (unpaired) electrons. The first-order valence-corrected chi connectivity index (χ1v) is 6.24. The van der Waals surface area contributed by atoms with E-state index in [0.29, 0.717) is 11.4 Å². The molecular formula is C16H18N2O. The Morgan fingerprint density at radius 2 is 1.84 bits per heavy atom. The first-order chi connectivity index (χ1) is 8.84. The minimum absolute atomic E-state index is 0.122. The topological polar surface area (TPSA) is 49.0 Å². The van der Waals surface area contributed by atoms with E-state index >= 15 is 0 Å². The van der Waals surface area contributed by atoms with Gasteiger partial charge >= 0.3 is 0 Å². The number of hydrogen-bond acceptors (Lipinski definition) is 2. The SMILES string of the molecule is Cn1c(C#N)ccc1-c1ccc(O)c(C(C)(C)C)c1. The highest BCUT2D eigenvalue weighted by molar-refractivity contribution is 5.65. The molecule has 1 heterocycles. The van der Waals surface area contributed by atoms with E-state index in [1.165, 1.54) is 0 Å². The molecule has 1 aromatic heterocycles. The van der Waals surface area contributed by atoms with Crippen molar-refractivity contribution in [2.75, 3.05) is 0 Å². The van der Waals surface area contributed by atoms with E-state index in [1.54, 1.807) is 12.1 Å². The fraction of sp³-hybridized carbons (Fsp3) is 0.312. The van der Waals surface area contributed by atoms with Crippen molar-refractivity contribution in [3.63, 3.8) is 0 Å². The van der Waals surface area contributed by atoms with E-state index in [-0.39, 0.29) is 5.41 Å². The van der Waals surface area contributed by atoms with Gasteiger partial charge in [0, 0.05) is 12.7 Å². The van der Waals surface area contributed by atoms with Crippen LogP contribution in [0, 0.1) is 11.3 Å². The number of aromatic hydroxyl groups is 1. The van der Waals surface area contributed by atoms with Crippen LogP contribution in [0.3, 0.4) is 0 Å². The highest BCUT2D eigenvalue weighted by Gasteiger charge is 2.19. The van der Waals surface area contributed by atoms with E-state index in [1.807, 2.05) is 29.8 Å². The predicted octanol–water partition coefficient (Wildman–Crippen LogP) is 3.57. The van der Waals surface area contributed by atoms with Crippen LogP contribution in [0.2, 0.25) is 0 Å². The number of nitriles is 1. The van der Waals surface area contributed by atoms with Crippen molar-refractivity contribution in [2.45, 2.75) is 26.2 Å². The fourth-order valence-electron chi connectivity index (χ4n) is 2.21. The van der Waals surface area contributed by atoms with Crippen LogP contribution in [0.1, 0.15) is 32.0 Å². The minimum Gasteiger partial charge on any atom is -0.508 e. The molecule has 0 bridgehead atoms. The molecule has 3 heteroatoms. The van der Waals surface area contributed by atoms with Gasteiger partial charge in [0.25, 0.3) is 0 Å². The van der Waals surface area contributed by atoms with Gasteiger partial charge in [-0.1, -0.05) is 20.8 Å². The zero-order chi connectivity index (χ0) is 14.2. The normalized spacial score (nSPS) is 11.3. The molecule has 1 aromatic carbocycles. The van der Waals surface area contributed by atoms with E-state index in [0.717, 1.165) is 16.8 Å². The Balaban J connectivity index is 2.59. The molecule has 0 saturated heterocycles. The van der Waals surface area contributed by atoms with Crippen molar-refractivity contribution in [3.8, 4) is 23.1 Å². The van der Waals surface area contributed by atoms with Crippen LogP contribution in [0.15, 0.2) is 30.3 Å². The van der Waals surface area contributed by atoms with Crippen LogP contribution in [0.5, 0.6) is 5.75 Å². The molecule has 98 valence electrons. The zero-order valence-corrected chi connectivity index (χ0v) is 11.7. The van der Waals surface area contributed by atoms with E-state index in [9.17, 15) is 5.11 Å². The van der Waals surface area contributed by atoms with Crippen LogP contribution in [0.4, 0.5) is 0 Å². The molecule has 0 fully saturated rings. The number of aromatic nitrogens is 1. The zero-order valence-electron chi connectivity index (χ0n) is 11.7. The number of hydrogen-bond donors (Lipinski definition) is 1. The van der Waals surface area contributed by atoms with E-state index < -0.39 is 0 Å². The van der Waals surface area contributed by atoms with Crippen molar-refractivity contribution in [1.82, 2.24) is 4.57 Å². The van der Waals surface area contributed by atoms with Crippen LogP contribution in [0.25, 0.3) is 11.3 Å². The lowest BCUT2D eigenvalue weighted by atomic mass is 9.85. The summed E-state index contributed by atoms with van der Waals surface area (Å²) < 4.78 is 1.86. The summed E-state index contributed by atoms with van der Waals surface area (Å²) in [6.45, 7) is 6.20. The largest absolute Gasteiger partial charge is 0.508 e. The third kappa shape index (κ3) is 2.34. The molecule has 2 rings (SSSR count). The summed E-state index contributed by atoms with van der Waals surface area (Å²) in [6, 6.07) is 11.5. The second-order valence-corrected chi connectivity index (χ2v) is 5.76. The number of benzene rings is 1. The maximum Gasteiger partial charge on any atom is 0.120 e. The summed E-state index contributed by atoms with van der Waals surface area (Å²) in [5.74, 6) is 0.311. The van der Waals surface area contributed by atoms with Crippen LogP contribution in [-0.4, -0.2) is 9.67 Å². The molecule has 0 atom stereocenters. The summed E-state index contributed by atoms with van der Waals surface area (Å²) in [4.78, 5) is 0. The number of rotatable bonds is 1. The molecule has 0 aliphatic rings. The van der Waals surface area contributed by atoms with Gasteiger partial charge in [0.2, 0.25) is 0 Å². The standard InChI is InChI=1S/C16H18N2O/c1-16(2,3)13-9-11(5-8-15(13)19)14-7-6-12(10-17)18(14)4/h5-9,19H,1-4H3. The molecular weight excluding hydrogens is 236 g/mol. The average molecular weight is 254 g/mol. The van der Waals surface area contributed by atoms with Gasteiger partial charge in [-0.15, -0.1) is 0 Å². The molecule has 1 N–H and O–H groups in total. The quantitative estimate of drug-likeness (QED) is 0.845. The molecule has 0 spiro atoms. The first kappa shape index (κ1) is 13.2. The molecule has 19 heavy (non-hydrogen) atoms. The maximum absolute atomic E-state index is 9.98. The van der Waals surface area contributed by atoms with Gasteiger partial charge in [-0.2, -0.15) is 5.26 Å². The summed E-state index contributed by atoms with van der Waals surface area (Å²) >= 11 is 0. The Morgan fingerprint density at radius 3 is 2.37 bits per heavy atom. The van der Waals surface area contributed by atoms with E-state index in [2.05, 4.69) is 26.8 Å². The molecule has 0 aliphatic carbocycles.